The third kappa shape index (κ3) is 4.42. The van der Waals surface area contributed by atoms with E-state index in [0.717, 1.165) is 122 Å². The molecule has 1 aromatic heterocycles. The molecular formula is C62H28B4N4O5. The lowest BCUT2D eigenvalue weighted by molar-refractivity contribution is 0.463. The van der Waals surface area contributed by atoms with Crippen LogP contribution < -0.4 is 94.3 Å². The zero-order valence-corrected chi connectivity index (χ0v) is 39.3. The van der Waals surface area contributed by atoms with Crippen molar-refractivity contribution in [3.05, 3.63) is 181 Å². The van der Waals surface area contributed by atoms with E-state index in [1.807, 2.05) is 36.4 Å². The van der Waals surface area contributed by atoms with E-state index in [0.29, 0.717) is 56.8 Å². The summed E-state index contributed by atoms with van der Waals surface area (Å²) in [7, 11) is 0. The Morgan fingerprint density at radius 3 is 1.00 bits per heavy atom. The maximum Gasteiger partial charge on any atom is 0.256 e. The molecule has 11 aromatic rings. The van der Waals surface area contributed by atoms with Gasteiger partial charge in [-0.3, -0.25) is 0 Å². The first-order chi connectivity index (χ1) is 37.1. The first kappa shape index (κ1) is 38.7. The van der Waals surface area contributed by atoms with E-state index in [2.05, 4.69) is 155 Å². The SMILES string of the molecule is N#Cc1c2c3c4c5c1Oc1cc6oc7cc8c(cc7c6cc1B5c1ccccc1N4c1ccccc1B3c1ccccc1O2)B1c2ccccc2N2c3ccccc3B3c4ccccc4Oc4c(C#N)c(c1c2c43)O8. The Hall–Kier alpha value is -9.96. The minimum absolute atomic E-state index is 0.166. The summed E-state index contributed by atoms with van der Waals surface area (Å²) in [4.78, 5) is 4.74. The second-order valence-corrected chi connectivity index (χ2v) is 20.6. The molecule has 0 saturated carbocycles. The van der Waals surface area contributed by atoms with E-state index in [1.54, 1.807) is 0 Å². The van der Waals surface area contributed by atoms with Gasteiger partial charge in [-0.15, -0.1) is 0 Å². The predicted molar refractivity (Wildman–Crippen MR) is 297 cm³/mol. The number of fused-ring (bicyclic) bond motifs is 23. The maximum absolute atomic E-state index is 11.3. The summed E-state index contributed by atoms with van der Waals surface area (Å²) in [5, 5.41) is 24.4. The lowest BCUT2D eigenvalue weighted by atomic mass is 9.29. The number of rotatable bonds is 0. The van der Waals surface area contributed by atoms with Gasteiger partial charge in [0.1, 0.15) is 80.4 Å². The third-order valence-corrected chi connectivity index (χ3v) is 17.4. The summed E-state index contributed by atoms with van der Waals surface area (Å²) in [6.45, 7) is -0.920. The van der Waals surface area contributed by atoms with Gasteiger partial charge in [0.15, 0.2) is 0 Å². The summed E-state index contributed by atoms with van der Waals surface area (Å²) in [6, 6.07) is 64.5. The highest BCUT2D eigenvalue weighted by atomic mass is 16.5. The van der Waals surface area contributed by atoms with Gasteiger partial charge in [-0.05, 0) is 102 Å². The number of ether oxygens (including phenoxy) is 4. The number of nitriles is 2. The second kappa shape index (κ2) is 13.2. The van der Waals surface area contributed by atoms with Gasteiger partial charge in [-0.25, -0.2) is 0 Å². The van der Waals surface area contributed by atoms with E-state index in [-0.39, 0.29) is 26.9 Å². The van der Waals surface area contributed by atoms with E-state index < -0.39 is 0 Å². The van der Waals surface area contributed by atoms with Crippen molar-refractivity contribution < 1.29 is 23.4 Å². The van der Waals surface area contributed by atoms with Crippen molar-refractivity contribution in [1.29, 1.82) is 10.5 Å². The van der Waals surface area contributed by atoms with E-state index in [1.165, 1.54) is 0 Å². The van der Waals surface area contributed by atoms with Crippen LogP contribution in [0.25, 0.3) is 21.9 Å². The van der Waals surface area contributed by atoms with Crippen LogP contribution in [0.1, 0.15) is 11.1 Å². The fourth-order valence-electron chi connectivity index (χ4n) is 14.6. The Morgan fingerprint density at radius 2 is 0.640 bits per heavy atom. The van der Waals surface area contributed by atoms with E-state index in [4.69, 9.17) is 23.4 Å². The van der Waals surface area contributed by atoms with Crippen molar-refractivity contribution >= 4 is 148 Å². The van der Waals surface area contributed by atoms with Crippen LogP contribution in [0.2, 0.25) is 0 Å². The molecule has 9 heterocycles. The van der Waals surface area contributed by atoms with Gasteiger partial charge in [0.2, 0.25) is 0 Å². The normalized spacial score (nSPS) is 14.6. The number of nitrogens with zero attached hydrogens (tertiary/aromatic N) is 4. The van der Waals surface area contributed by atoms with Gasteiger partial charge >= 0.3 is 0 Å². The molecule has 0 amide bonds. The molecule has 75 heavy (non-hydrogen) atoms. The predicted octanol–water partition coefficient (Wildman–Crippen LogP) is 6.01. The first-order valence-corrected chi connectivity index (χ1v) is 25.3. The zero-order chi connectivity index (χ0) is 48.7. The van der Waals surface area contributed by atoms with Crippen molar-refractivity contribution in [1.82, 2.24) is 0 Å². The number of benzene rings is 10. The zero-order valence-electron chi connectivity index (χ0n) is 39.3. The molecule has 8 aliphatic rings. The number of furan rings is 1. The molecule has 0 unspecified atom stereocenters. The van der Waals surface area contributed by atoms with E-state index >= 15 is 0 Å². The van der Waals surface area contributed by atoms with Crippen LogP contribution in [0, 0.1) is 22.7 Å². The molecule has 9 nitrogen and oxygen atoms in total. The van der Waals surface area contributed by atoms with Crippen LogP contribution in [0.3, 0.4) is 0 Å². The number of anilines is 6. The van der Waals surface area contributed by atoms with Crippen LogP contribution in [0.5, 0.6) is 46.0 Å². The van der Waals surface area contributed by atoms with Crippen molar-refractivity contribution in [2.75, 3.05) is 9.80 Å². The molecule has 0 aliphatic carbocycles. The molecular weight excluding hydrogens is 924 g/mol. The fourth-order valence-corrected chi connectivity index (χ4v) is 14.6. The summed E-state index contributed by atoms with van der Waals surface area (Å²) in [5.41, 5.74) is 20.8. The molecule has 0 fully saturated rings. The lowest BCUT2D eigenvalue weighted by Crippen LogP contribution is -2.67. The van der Waals surface area contributed by atoms with Crippen molar-refractivity contribution in [2.24, 2.45) is 0 Å². The number of hydrogen-bond donors (Lipinski definition) is 0. The smallest absolute Gasteiger partial charge is 0.256 e. The largest absolute Gasteiger partial charge is 0.457 e. The standard InChI is InChI=1S/C62H28B4N4O5/c67-29-33-59-53-57-55-61(33)74-51-27-49-31(25-41(51)65(55)37-15-3-9-21-45(37)69(57)43-19-7-1-13-35(43)63(53)39-17-5-11-23-47(39)72-59)32-26-42-52(28-50(32)71-49)75-62-34(30-68)60-54-58-56(62)66(42)38-16-4-10-22-46(38)70(58)44-20-8-2-14-36(44)64(54)40-18-6-12-24-48(40)73-60/h1-28H. The van der Waals surface area contributed by atoms with Gasteiger partial charge in [-0.2, -0.15) is 10.5 Å². The molecule has 0 saturated heterocycles. The van der Waals surface area contributed by atoms with Gasteiger partial charge in [-0.1, -0.05) is 121 Å². The average Bonchev–Trinajstić information content (AvgIpc) is 3.83. The minimum atomic E-state index is -0.295. The molecule has 19 rings (SSSR count). The van der Waals surface area contributed by atoms with Gasteiger partial charge < -0.3 is 33.2 Å². The van der Waals surface area contributed by atoms with Crippen LogP contribution >= 0.6 is 0 Å². The topological polar surface area (TPSA) is 104 Å². The molecule has 0 atom stereocenters. The number of para-hydroxylation sites is 6. The van der Waals surface area contributed by atoms with Crippen molar-refractivity contribution in [3.63, 3.8) is 0 Å². The van der Waals surface area contributed by atoms with Gasteiger partial charge in [0.25, 0.3) is 26.9 Å². The Morgan fingerprint density at radius 1 is 0.333 bits per heavy atom. The molecule has 0 radical (unpaired) electrons. The van der Waals surface area contributed by atoms with Crippen LogP contribution in [0.4, 0.5) is 34.1 Å². The highest BCUT2D eigenvalue weighted by Gasteiger charge is 2.54. The highest BCUT2D eigenvalue weighted by Crippen LogP contribution is 2.51. The van der Waals surface area contributed by atoms with E-state index in [9.17, 15) is 10.5 Å². The Bertz CT molecular complexity index is 4440. The molecule has 8 aliphatic heterocycles. The molecule has 0 spiro atoms. The second-order valence-electron chi connectivity index (χ2n) is 20.6. The van der Waals surface area contributed by atoms with Gasteiger partial charge in [0.05, 0.1) is 0 Å². The summed E-state index contributed by atoms with van der Waals surface area (Å²) >= 11 is 0. The van der Waals surface area contributed by atoms with Crippen LogP contribution in [-0.2, 0) is 0 Å². The Labute approximate surface area is 429 Å². The highest BCUT2D eigenvalue weighted by molar-refractivity contribution is 7.05. The van der Waals surface area contributed by atoms with Gasteiger partial charge in [0, 0.05) is 57.0 Å². The third-order valence-electron chi connectivity index (χ3n) is 17.4. The summed E-state index contributed by atoms with van der Waals surface area (Å²) in [6.07, 6.45) is 0. The average molecular weight is 952 g/mol. The van der Waals surface area contributed by atoms with Crippen LogP contribution in [0.15, 0.2) is 174 Å². The monoisotopic (exact) mass is 952 g/mol. The molecule has 10 aromatic carbocycles. The lowest BCUT2D eigenvalue weighted by Gasteiger charge is -2.47. The molecule has 338 valence electrons. The number of hydrogen-bond acceptors (Lipinski definition) is 9. The van der Waals surface area contributed by atoms with Crippen molar-refractivity contribution in [2.45, 2.75) is 0 Å². The Balaban J connectivity index is 0.858. The quantitative estimate of drug-likeness (QED) is 0.169. The fraction of sp³-hybridized carbons (Fsp3) is 0. The maximum atomic E-state index is 11.3. The molecule has 0 N–H and O–H groups in total. The molecule has 13 heteroatoms. The van der Waals surface area contributed by atoms with Crippen LogP contribution in [-0.4, -0.2) is 26.9 Å². The van der Waals surface area contributed by atoms with Crippen molar-refractivity contribution in [3.8, 4) is 58.1 Å². The Kier molecular flexibility index (Phi) is 6.79. The summed E-state index contributed by atoms with van der Waals surface area (Å²) in [5.74, 6) is 4.76. The minimum Gasteiger partial charge on any atom is -0.457 e. The summed E-state index contributed by atoms with van der Waals surface area (Å²) < 4.78 is 34.9. The first-order valence-electron chi connectivity index (χ1n) is 25.3. The molecule has 0 bridgehead atoms.